The van der Waals surface area contributed by atoms with Gasteiger partial charge >= 0.3 is 0 Å². The van der Waals surface area contributed by atoms with E-state index in [1.54, 1.807) is 0 Å². The van der Waals surface area contributed by atoms with E-state index in [1.165, 1.54) is 0 Å². The number of benzene rings is 2. The lowest BCUT2D eigenvalue weighted by atomic mass is 10.2. The zero-order valence-electron chi connectivity index (χ0n) is 9.55. The summed E-state index contributed by atoms with van der Waals surface area (Å²) in [6, 6.07) is 13.7. The second-order valence-corrected chi connectivity index (χ2v) is 4.25. The van der Waals surface area contributed by atoms with Crippen molar-refractivity contribution >= 4 is 5.69 Å². The molecule has 0 saturated heterocycles. The summed E-state index contributed by atoms with van der Waals surface area (Å²) in [6.07, 6.45) is -0.170. The van der Waals surface area contributed by atoms with Crippen LogP contribution >= 0.6 is 0 Å². The largest absolute Gasteiger partial charge is 0.464 e. The lowest BCUT2D eigenvalue weighted by Gasteiger charge is -2.12. The van der Waals surface area contributed by atoms with Crippen LogP contribution in [0.4, 0.5) is 5.69 Å². The number of nitrogens with one attached hydrogen (secondary N) is 1. The smallest absolute Gasteiger partial charge is 0.231 e. The van der Waals surface area contributed by atoms with Crippen LogP contribution in [-0.4, -0.2) is 6.79 Å². The van der Waals surface area contributed by atoms with Gasteiger partial charge in [0.1, 0.15) is 5.75 Å². The molecule has 4 rings (SSSR count). The fourth-order valence-electron chi connectivity index (χ4n) is 2.21. The summed E-state index contributed by atoms with van der Waals surface area (Å²) in [5.74, 6) is 2.43. The zero-order valence-corrected chi connectivity index (χ0v) is 9.55. The van der Waals surface area contributed by atoms with Gasteiger partial charge in [-0.15, -0.1) is 0 Å². The number of ether oxygens (including phenoxy) is 3. The predicted molar refractivity (Wildman–Crippen MR) is 66.0 cm³/mol. The molecule has 0 fully saturated rings. The summed E-state index contributed by atoms with van der Waals surface area (Å²) >= 11 is 0. The molecule has 2 aromatic carbocycles. The van der Waals surface area contributed by atoms with Crippen molar-refractivity contribution in [1.29, 1.82) is 0 Å². The third-order valence-corrected chi connectivity index (χ3v) is 3.12. The number of para-hydroxylation sites is 2. The standard InChI is InChI=1S/C14H11NO3/c1-2-4-11-10(3-1)15-14(18-11)9-5-6-12-13(7-9)17-8-16-12/h1-7,14-15H,8H2. The molecule has 1 N–H and O–H groups in total. The highest BCUT2D eigenvalue weighted by atomic mass is 16.7. The number of fused-ring (bicyclic) bond motifs is 2. The molecular weight excluding hydrogens is 230 g/mol. The lowest BCUT2D eigenvalue weighted by Crippen LogP contribution is -2.09. The van der Waals surface area contributed by atoms with Crippen LogP contribution in [0.5, 0.6) is 17.2 Å². The van der Waals surface area contributed by atoms with Crippen molar-refractivity contribution in [2.75, 3.05) is 12.1 Å². The van der Waals surface area contributed by atoms with Gasteiger partial charge in [0.05, 0.1) is 5.69 Å². The summed E-state index contributed by atoms with van der Waals surface area (Å²) in [5.41, 5.74) is 2.04. The maximum Gasteiger partial charge on any atom is 0.231 e. The molecule has 1 unspecified atom stereocenters. The van der Waals surface area contributed by atoms with Gasteiger partial charge in [0.25, 0.3) is 0 Å². The molecule has 4 heteroatoms. The Morgan fingerprint density at radius 2 is 1.83 bits per heavy atom. The Morgan fingerprint density at radius 3 is 2.78 bits per heavy atom. The molecule has 0 saturated carbocycles. The van der Waals surface area contributed by atoms with Crippen molar-refractivity contribution in [2.24, 2.45) is 0 Å². The first kappa shape index (κ1) is 9.65. The second-order valence-electron chi connectivity index (χ2n) is 4.25. The van der Waals surface area contributed by atoms with Crippen LogP contribution in [0.1, 0.15) is 11.8 Å². The molecule has 0 aromatic heterocycles. The maximum atomic E-state index is 5.85. The highest BCUT2D eigenvalue weighted by molar-refractivity contribution is 5.61. The van der Waals surface area contributed by atoms with E-state index >= 15 is 0 Å². The van der Waals surface area contributed by atoms with Crippen LogP contribution < -0.4 is 19.5 Å². The topological polar surface area (TPSA) is 39.7 Å². The van der Waals surface area contributed by atoms with Gasteiger partial charge in [-0.1, -0.05) is 12.1 Å². The van der Waals surface area contributed by atoms with Gasteiger partial charge in [0.2, 0.25) is 6.79 Å². The first-order valence-electron chi connectivity index (χ1n) is 5.82. The third-order valence-electron chi connectivity index (χ3n) is 3.12. The van der Waals surface area contributed by atoms with Gasteiger partial charge in [-0.25, -0.2) is 0 Å². The Labute approximate surface area is 104 Å². The molecule has 2 aromatic rings. The van der Waals surface area contributed by atoms with E-state index in [0.29, 0.717) is 0 Å². The van der Waals surface area contributed by atoms with Crippen molar-refractivity contribution < 1.29 is 14.2 Å². The highest BCUT2D eigenvalue weighted by Crippen LogP contribution is 2.40. The van der Waals surface area contributed by atoms with Crippen molar-refractivity contribution in [3.63, 3.8) is 0 Å². The van der Waals surface area contributed by atoms with Crippen LogP contribution in [0.15, 0.2) is 42.5 Å². The summed E-state index contributed by atoms with van der Waals surface area (Å²) in [6.45, 7) is 0.290. The number of rotatable bonds is 1. The number of hydrogen-bond donors (Lipinski definition) is 1. The average Bonchev–Trinajstić information content (AvgIpc) is 3.04. The van der Waals surface area contributed by atoms with Crippen LogP contribution in [-0.2, 0) is 0 Å². The van der Waals surface area contributed by atoms with E-state index in [0.717, 1.165) is 28.5 Å². The SMILES string of the molecule is c1ccc2c(c1)NC(c1ccc3c(c1)OCO3)O2. The fourth-order valence-corrected chi connectivity index (χ4v) is 2.21. The minimum Gasteiger partial charge on any atom is -0.464 e. The molecule has 0 bridgehead atoms. The van der Waals surface area contributed by atoms with E-state index in [-0.39, 0.29) is 13.0 Å². The summed E-state index contributed by atoms with van der Waals surface area (Å²) in [4.78, 5) is 0. The normalized spacial score (nSPS) is 19.0. The first-order valence-corrected chi connectivity index (χ1v) is 5.82. The monoisotopic (exact) mass is 241 g/mol. The van der Waals surface area contributed by atoms with Crippen LogP contribution in [0.2, 0.25) is 0 Å². The molecule has 0 radical (unpaired) electrons. The molecule has 0 spiro atoms. The van der Waals surface area contributed by atoms with Gasteiger partial charge < -0.3 is 19.5 Å². The quantitative estimate of drug-likeness (QED) is 0.833. The zero-order chi connectivity index (χ0) is 11.9. The molecule has 2 aliphatic rings. The predicted octanol–water partition coefficient (Wildman–Crippen LogP) is 2.92. The first-order chi connectivity index (χ1) is 8.90. The highest BCUT2D eigenvalue weighted by Gasteiger charge is 2.24. The van der Waals surface area contributed by atoms with Crippen LogP contribution in [0, 0.1) is 0 Å². The number of hydrogen-bond acceptors (Lipinski definition) is 4. The summed E-state index contributed by atoms with van der Waals surface area (Å²) in [5, 5.41) is 3.32. The minimum absolute atomic E-state index is 0.170. The molecule has 4 nitrogen and oxygen atoms in total. The van der Waals surface area contributed by atoms with Crippen molar-refractivity contribution in [3.05, 3.63) is 48.0 Å². The van der Waals surface area contributed by atoms with Crippen LogP contribution in [0.25, 0.3) is 0 Å². The Kier molecular flexibility index (Phi) is 1.91. The Morgan fingerprint density at radius 1 is 0.944 bits per heavy atom. The molecule has 2 aliphatic heterocycles. The Hall–Kier alpha value is -2.36. The third kappa shape index (κ3) is 1.39. The van der Waals surface area contributed by atoms with Crippen LogP contribution in [0.3, 0.4) is 0 Å². The van der Waals surface area contributed by atoms with Gasteiger partial charge in [-0.3, -0.25) is 0 Å². The summed E-state index contributed by atoms with van der Waals surface area (Å²) in [7, 11) is 0. The van der Waals surface area contributed by atoms with Crippen molar-refractivity contribution in [2.45, 2.75) is 6.23 Å². The van der Waals surface area contributed by atoms with E-state index in [2.05, 4.69) is 5.32 Å². The van der Waals surface area contributed by atoms with Gasteiger partial charge in [0, 0.05) is 5.56 Å². The van der Waals surface area contributed by atoms with E-state index in [1.807, 2.05) is 42.5 Å². The Balaban J connectivity index is 1.66. The Bertz CT molecular complexity index is 587. The van der Waals surface area contributed by atoms with Crippen molar-refractivity contribution in [1.82, 2.24) is 0 Å². The second kappa shape index (κ2) is 3.57. The fraction of sp³-hybridized carbons (Fsp3) is 0.143. The van der Waals surface area contributed by atoms with E-state index in [9.17, 15) is 0 Å². The van der Waals surface area contributed by atoms with Gasteiger partial charge in [-0.2, -0.15) is 0 Å². The van der Waals surface area contributed by atoms with E-state index < -0.39 is 0 Å². The minimum atomic E-state index is -0.170. The molecule has 0 aliphatic carbocycles. The lowest BCUT2D eigenvalue weighted by molar-refractivity contribution is 0.173. The van der Waals surface area contributed by atoms with E-state index in [4.69, 9.17) is 14.2 Å². The van der Waals surface area contributed by atoms with Crippen molar-refractivity contribution in [3.8, 4) is 17.2 Å². The van der Waals surface area contributed by atoms with Gasteiger partial charge in [0.15, 0.2) is 17.7 Å². The molecule has 2 heterocycles. The molecule has 0 amide bonds. The maximum absolute atomic E-state index is 5.85. The molecular formula is C14H11NO3. The molecule has 90 valence electrons. The number of anilines is 1. The van der Waals surface area contributed by atoms with Gasteiger partial charge in [-0.05, 0) is 30.3 Å². The average molecular weight is 241 g/mol. The molecule has 18 heavy (non-hydrogen) atoms. The molecule has 1 atom stereocenters. The summed E-state index contributed by atoms with van der Waals surface area (Å²) < 4.78 is 16.5.